The van der Waals surface area contributed by atoms with Gasteiger partial charge in [0, 0.05) is 26.6 Å². The Bertz CT molecular complexity index is 484. The highest BCUT2D eigenvalue weighted by molar-refractivity contribution is 5.76. The molecule has 0 fully saturated rings. The lowest BCUT2D eigenvalue weighted by Crippen LogP contribution is -2.28. The van der Waals surface area contributed by atoms with Crippen LogP contribution in [0.5, 0.6) is 11.5 Å². The molecular formula is C15H22F2N2O3. The fourth-order valence-electron chi connectivity index (χ4n) is 1.90. The minimum absolute atomic E-state index is 0.000201. The molecule has 0 saturated carbocycles. The van der Waals surface area contributed by atoms with Crippen LogP contribution < -0.4 is 14.8 Å². The summed E-state index contributed by atoms with van der Waals surface area (Å²) in [6.07, 6.45) is 0.401. The topological polar surface area (TPSA) is 50.8 Å². The quantitative estimate of drug-likeness (QED) is 0.759. The molecule has 1 N–H and O–H groups in total. The molecule has 22 heavy (non-hydrogen) atoms. The van der Waals surface area contributed by atoms with E-state index in [1.807, 2.05) is 0 Å². The van der Waals surface area contributed by atoms with Crippen molar-refractivity contribution in [3.8, 4) is 11.5 Å². The Morgan fingerprint density at radius 2 is 2.09 bits per heavy atom. The van der Waals surface area contributed by atoms with Crippen LogP contribution in [0.15, 0.2) is 18.2 Å². The van der Waals surface area contributed by atoms with Crippen LogP contribution in [0.2, 0.25) is 0 Å². The van der Waals surface area contributed by atoms with Gasteiger partial charge in [0.25, 0.3) is 0 Å². The second kappa shape index (κ2) is 9.19. The lowest BCUT2D eigenvalue weighted by Gasteiger charge is -2.18. The number of amides is 1. The first-order valence-corrected chi connectivity index (χ1v) is 7.07. The molecule has 0 aliphatic rings. The third-order valence-electron chi connectivity index (χ3n) is 2.96. The van der Waals surface area contributed by atoms with E-state index < -0.39 is 6.61 Å². The highest BCUT2D eigenvalue weighted by atomic mass is 19.3. The number of rotatable bonds is 9. The molecule has 124 valence electrons. The largest absolute Gasteiger partial charge is 0.490 e. The highest BCUT2D eigenvalue weighted by Crippen LogP contribution is 2.30. The summed E-state index contributed by atoms with van der Waals surface area (Å²) in [5.74, 6) is 0.237. The summed E-state index contributed by atoms with van der Waals surface area (Å²) in [4.78, 5) is 13.4. The van der Waals surface area contributed by atoms with E-state index in [9.17, 15) is 13.6 Å². The lowest BCUT2D eigenvalue weighted by atomic mass is 10.2. The second-order valence-corrected chi connectivity index (χ2v) is 4.70. The van der Waals surface area contributed by atoms with E-state index in [1.54, 1.807) is 38.1 Å². The van der Waals surface area contributed by atoms with E-state index in [-0.39, 0.29) is 17.4 Å². The average molecular weight is 316 g/mol. The van der Waals surface area contributed by atoms with Crippen molar-refractivity contribution in [2.45, 2.75) is 26.5 Å². The van der Waals surface area contributed by atoms with Gasteiger partial charge in [-0.25, -0.2) is 0 Å². The summed E-state index contributed by atoms with van der Waals surface area (Å²) in [5, 5.41) is 2.91. The number of hydrogen-bond donors (Lipinski definition) is 1. The number of alkyl halides is 2. The SMILES string of the molecule is CCOc1cc(CN(C)C(=O)CCNC)ccc1OC(F)F. The number of carbonyl (C=O) groups excluding carboxylic acids is 1. The van der Waals surface area contributed by atoms with Crippen LogP contribution in [-0.2, 0) is 11.3 Å². The van der Waals surface area contributed by atoms with E-state index in [1.165, 1.54) is 6.07 Å². The second-order valence-electron chi connectivity index (χ2n) is 4.70. The van der Waals surface area contributed by atoms with Crippen molar-refractivity contribution >= 4 is 5.91 Å². The summed E-state index contributed by atoms with van der Waals surface area (Å²) in [5.41, 5.74) is 0.783. The normalized spacial score (nSPS) is 10.6. The Morgan fingerprint density at radius 3 is 2.68 bits per heavy atom. The van der Waals surface area contributed by atoms with Gasteiger partial charge < -0.3 is 19.7 Å². The number of carbonyl (C=O) groups is 1. The van der Waals surface area contributed by atoms with Gasteiger partial charge in [-0.05, 0) is 31.7 Å². The Hall–Kier alpha value is -1.89. The molecule has 1 amide bonds. The molecule has 0 aromatic heterocycles. The van der Waals surface area contributed by atoms with Gasteiger partial charge in [-0.1, -0.05) is 6.07 Å². The maximum atomic E-state index is 12.3. The van der Waals surface area contributed by atoms with E-state index >= 15 is 0 Å². The van der Waals surface area contributed by atoms with E-state index in [4.69, 9.17) is 4.74 Å². The van der Waals surface area contributed by atoms with Gasteiger partial charge in [-0.2, -0.15) is 8.78 Å². The molecule has 0 unspecified atom stereocenters. The highest BCUT2D eigenvalue weighted by Gasteiger charge is 2.14. The molecule has 0 atom stereocenters. The van der Waals surface area contributed by atoms with Crippen LogP contribution in [0.3, 0.4) is 0 Å². The zero-order valence-electron chi connectivity index (χ0n) is 13.1. The first kappa shape index (κ1) is 18.2. The fourth-order valence-corrected chi connectivity index (χ4v) is 1.90. The summed E-state index contributed by atoms with van der Waals surface area (Å²) in [6.45, 7) is 0.161. The number of hydrogen-bond acceptors (Lipinski definition) is 4. The van der Waals surface area contributed by atoms with Crippen molar-refractivity contribution in [2.24, 2.45) is 0 Å². The van der Waals surface area contributed by atoms with E-state index in [2.05, 4.69) is 10.1 Å². The molecule has 0 aliphatic heterocycles. The number of benzene rings is 1. The first-order chi connectivity index (χ1) is 10.5. The average Bonchev–Trinajstić information content (AvgIpc) is 2.47. The zero-order valence-corrected chi connectivity index (χ0v) is 13.1. The van der Waals surface area contributed by atoms with Crippen molar-refractivity contribution in [3.63, 3.8) is 0 Å². The predicted molar refractivity (Wildman–Crippen MR) is 79.3 cm³/mol. The molecule has 0 spiro atoms. The Labute approximate surface area is 129 Å². The standard InChI is InChI=1S/C15H22F2N2O3/c1-4-21-13-9-11(5-6-12(13)22-15(16)17)10-19(3)14(20)7-8-18-2/h5-6,9,15,18H,4,7-8,10H2,1-3H3. The zero-order chi connectivity index (χ0) is 16.5. The number of nitrogens with one attached hydrogen (secondary N) is 1. The third-order valence-corrected chi connectivity index (χ3v) is 2.96. The number of halogens is 2. The molecule has 0 heterocycles. The summed E-state index contributed by atoms with van der Waals surface area (Å²) < 4.78 is 34.4. The van der Waals surface area contributed by atoms with E-state index in [0.29, 0.717) is 26.1 Å². The van der Waals surface area contributed by atoms with Crippen LogP contribution in [0, 0.1) is 0 Å². The van der Waals surface area contributed by atoms with Crippen molar-refractivity contribution in [2.75, 3.05) is 27.2 Å². The maximum Gasteiger partial charge on any atom is 0.387 e. The molecule has 1 rings (SSSR count). The molecule has 7 heteroatoms. The van der Waals surface area contributed by atoms with Crippen LogP contribution in [0.1, 0.15) is 18.9 Å². The maximum absolute atomic E-state index is 12.3. The molecule has 5 nitrogen and oxygen atoms in total. The number of nitrogens with zero attached hydrogens (tertiary/aromatic N) is 1. The summed E-state index contributed by atoms with van der Waals surface area (Å²) >= 11 is 0. The minimum atomic E-state index is -2.91. The van der Waals surface area contributed by atoms with E-state index in [0.717, 1.165) is 5.56 Å². The monoisotopic (exact) mass is 316 g/mol. The van der Waals surface area contributed by atoms with Gasteiger partial charge in [-0.15, -0.1) is 0 Å². The van der Waals surface area contributed by atoms with Crippen molar-refractivity contribution in [3.05, 3.63) is 23.8 Å². The molecule has 0 bridgehead atoms. The Morgan fingerprint density at radius 1 is 1.36 bits per heavy atom. The van der Waals surface area contributed by atoms with Crippen molar-refractivity contribution in [1.82, 2.24) is 10.2 Å². The molecule has 1 aromatic rings. The molecule has 0 radical (unpaired) electrons. The third kappa shape index (κ3) is 5.85. The minimum Gasteiger partial charge on any atom is -0.490 e. The van der Waals surface area contributed by atoms with Gasteiger partial charge in [0.1, 0.15) is 0 Å². The summed E-state index contributed by atoms with van der Waals surface area (Å²) in [7, 11) is 3.48. The predicted octanol–water partition coefficient (Wildman–Crippen LogP) is 2.25. The Kier molecular flexibility index (Phi) is 7.59. The summed E-state index contributed by atoms with van der Waals surface area (Å²) in [6, 6.07) is 4.68. The van der Waals surface area contributed by atoms with Crippen LogP contribution in [0.25, 0.3) is 0 Å². The molecule has 0 saturated heterocycles. The van der Waals surface area contributed by atoms with Gasteiger partial charge >= 0.3 is 6.61 Å². The lowest BCUT2D eigenvalue weighted by molar-refractivity contribution is -0.130. The molecule has 1 aromatic carbocycles. The molecule has 0 aliphatic carbocycles. The van der Waals surface area contributed by atoms with Crippen LogP contribution in [0.4, 0.5) is 8.78 Å². The fraction of sp³-hybridized carbons (Fsp3) is 0.533. The number of ether oxygens (including phenoxy) is 2. The van der Waals surface area contributed by atoms with Crippen molar-refractivity contribution < 1.29 is 23.0 Å². The van der Waals surface area contributed by atoms with Gasteiger partial charge in [0.05, 0.1) is 6.61 Å². The smallest absolute Gasteiger partial charge is 0.387 e. The Balaban J connectivity index is 2.78. The van der Waals surface area contributed by atoms with Gasteiger partial charge in [-0.3, -0.25) is 4.79 Å². The van der Waals surface area contributed by atoms with Crippen LogP contribution >= 0.6 is 0 Å². The van der Waals surface area contributed by atoms with Crippen LogP contribution in [-0.4, -0.2) is 44.7 Å². The van der Waals surface area contributed by atoms with Gasteiger partial charge in [0.2, 0.25) is 5.91 Å². The van der Waals surface area contributed by atoms with Crippen molar-refractivity contribution in [1.29, 1.82) is 0 Å². The molecular weight excluding hydrogens is 294 g/mol. The van der Waals surface area contributed by atoms with Gasteiger partial charge in [0.15, 0.2) is 11.5 Å². The first-order valence-electron chi connectivity index (χ1n) is 7.07.